The number of amides is 1. The number of aromatic nitrogens is 1. The average molecular weight is 352 g/mol. The molecule has 1 amide bonds. The summed E-state index contributed by atoms with van der Waals surface area (Å²) in [5.41, 5.74) is 1.33. The third-order valence-corrected chi connectivity index (χ3v) is 5.83. The van der Waals surface area contributed by atoms with E-state index in [1.807, 2.05) is 20.8 Å². The van der Waals surface area contributed by atoms with E-state index in [9.17, 15) is 17.6 Å². The summed E-state index contributed by atoms with van der Waals surface area (Å²) in [4.78, 5) is 11.6. The van der Waals surface area contributed by atoms with E-state index in [0.717, 1.165) is 17.8 Å². The Labute approximate surface area is 141 Å². The summed E-state index contributed by atoms with van der Waals surface area (Å²) in [6, 6.07) is 4.62. The molecule has 0 fully saturated rings. The Hall–Kier alpha value is -2.15. The zero-order valence-electron chi connectivity index (χ0n) is 14.3. The Bertz CT molecular complexity index is 882. The number of sulfone groups is 1. The van der Waals surface area contributed by atoms with E-state index in [-0.39, 0.29) is 27.6 Å². The molecule has 2 rings (SSSR count). The van der Waals surface area contributed by atoms with Crippen LogP contribution in [-0.4, -0.2) is 18.9 Å². The van der Waals surface area contributed by atoms with Gasteiger partial charge in [-0.25, -0.2) is 12.8 Å². The molecule has 0 aliphatic carbocycles. The molecule has 0 bridgehead atoms. The van der Waals surface area contributed by atoms with E-state index in [2.05, 4.69) is 5.32 Å². The van der Waals surface area contributed by atoms with Crippen molar-refractivity contribution in [2.75, 3.05) is 5.32 Å². The zero-order valence-corrected chi connectivity index (χ0v) is 15.2. The van der Waals surface area contributed by atoms with Crippen LogP contribution in [-0.2, 0) is 14.6 Å². The first-order chi connectivity index (χ1) is 11.1. The van der Waals surface area contributed by atoms with Gasteiger partial charge in [-0.2, -0.15) is 0 Å². The standard InChI is InChI=1S/C17H21FN2O3S/c1-10(2)20-12(4)11(3)16(17(20)19-13(5)21)24(22,23)15-8-6-14(18)7-9-15/h6-10H,1-5H3,(H,19,21). The Balaban J connectivity index is 2.79. The third-order valence-electron chi connectivity index (χ3n) is 3.90. The highest BCUT2D eigenvalue weighted by Gasteiger charge is 2.30. The highest BCUT2D eigenvalue weighted by atomic mass is 32.2. The van der Waals surface area contributed by atoms with Gasteiger partial charge in [0.1, 0.15) is 16.5 Å². The fourth-order valence-electron chi connectivity index (χ4n) is 2.79. The summed E-state index contributed by atoms with van der Waals surface area (Å²) in [5.74, 6) is -0.620. The van der Waals surface area contributed by atoms with Crippen LogP contribution in [0.15, 0.2) is 34.1 Å². The molecule has 0 saturated heterocycles. The maximum Gasteiger partial charge on any atom is 0.222 e. The first kappa shape index (κ1) is 18.2. The van der Waals surface area contributed by atoms with Gasteiger partial charge in [-0.15, -0.1) is 0 Å². The van der Waals surface area contributed by atoms with Crippen LogP contribution in [0.3, 0.4) is 0 Å². The molecule has 0 radical (unpaired) electrons. The Morgan fingerprint density at radius 2 is 1.71 bits per heavy atom. The maximum absolute atomic E-state index is 13.1. The fourth-order valence-corrected chi connectivity index (χ4v) is 4.47. The second-order valence-electron chi connectivity index (χ2n) is 5.99. The Kier molecular flexibility index (Phi) is 4.85. The third kappa shape index (κ3) is 3.08. The summed E-state index contributed by atoms with van der Waals surface area (Å²) in [6.45, 7) is 8.66. The summed E-state index contributed by atoms with van der Waals surface area (Å²) < 4.78 is 41.0. The van der Waals surface area contributed by atoms with Gasteiger partial charge in [0.25, 0.3) is 0 Å². The molecule has 0 unspecified atom stereocenters. The van der Waals surface area contributed by atoms with Gasteiger partial charge in [-0.05, 0) is 57.5 Å². The maximum atomic E-state index is 13.1. The number of nitrogens with one attached hydrogen (secondary N) is 1. The molecule has 5 nitrogen and oxygen atoms in total. The van der Waals surface area contributed by atoms with Crippen LogP contribution in [0.5, 0.6) is 0 Å². The lowest BCUT2D eigenvalue weighted by Gasteiger charge is -2.16. The lowest BCUT2D eigenvalue weighted by molar-refractivity contribution is -0.114. The van der Waals surface area contributed by atoms with Crippen LogP contribution in [0.4, 0.5) is 10.2 Å². The van der Waals surface area contributed by atoms with E-state index < -0.39 is 15.7 Å². The topological polar surface area (TPSA) is 68.2 Å². The molecular formula is C17H21FN2O3S. The molecule has 0 spiro atoms. The van der Waals surface area contributed by atoms with E-state index in [4.69, 9.17) is 0 Å². The molecule has 1 heterocycles. The van der Waals surface area contributed by atoms with Gasteiger partial charge in [0.15, 0.2) is 0 Å². The van der Waals surface area contributed by atoms with Crippen LogP contribution in [0.1, 0.15) is 38.1 Å². The highest BCUT2D eigenvalue weighted by Crippen LogP contribution is 2.37. The molecule has 0 atom stereocenters. The van der Waals surface area contributed by atoms with Crippen molar-refractivity contribution >= 4 is 21.6 Å². The summed E-state index contributed by atoms with van der Waals surface area (Å²) >= 11 is 0. The lowest BCUT2D eigenvalue weighted by atomic mass is 10.3. The zero-order chi connectivity index (χ0) is 18.2. The van der Waals surface area contributed by atoms with Crippen LogP contribution >= 0.6 is 0 Å². The molecule has 0 saturated carbocycles. The predicted octanol–water partition coefficient (Wildman–Crippen LogP) is 3.62. The fraction of sp³-hybridized carbons (Fsp3) is 0.353. The van der Waals surface area contributed by atoms with Gasteiger partial charge in [0, 0.05) is 18.7 Å². The van der Waals surface area contributed by atoms with Crippen molar-refractivity contribution < 1.29 is 17.6 Å². The minimum absolute atomic E-state index is 0.0143. The van der Waals surface area contributed by atoms with Crippen molar-refractivity contribution in [2.24, 2.45) is 0 Å². The van der Waals surface area contributed by atoms with E-state index in [1.54, 1.807) is 11.5 Å². The van der Waals surface area contributed by atoms with Gasteiger partial charge in [0.2, 0.25) is 15.7 Å². The molecule has 1 aromatic heterocycles. The highest BCUT2D eigenvalue weighted by molar-refractivity contribution is 7.91. The number of hydrogen-bond acceptors (Lipinski definition) is 3. The number of halogens is 1. The summed E-state index contributed by atoms with van der Waals surface area (Å²) in [7, 11) is -3.90. The number of carbonyl (C=O) groups is 1. The van der Waals surface area contributed by atoms with E-state index in [0.29, 0.717) is 5.56 Å². The number of carbonyl (C=O) groups excluding carboxylic acids is 1. The largest absolute Gasteiger partial charge is 0.328 e. The number of rotatable bonds is 4. The second kappa shape index (κ2) is 6.39. The van der Waals surface area contributed by atoms with Crippen molar-refractivity contribution in [3.63, 3.8) is 0 Å². The summed E-state index contributed by atoms with van der Waals surface area (Å²) in [6.07, 6.45) is 0. The van der Waals surface area contributed by atoms with Gasteiger partial charge in [-0.1, -0.05) is 0 Å². The molecule has 0 aliphatic rings. The van der Waals surface area contributed by atoms with Crippen molar-refractivity contribution in [2.45, 2.75) is 50.5 Å². The molecule has 24 heavy (non-hydrogen) atoms. The second-order valence-corrected chi connectivity index (χ2v) is 7.88. The minimum Gasteiger partial charge on any atom is -0.328 e. The molecular weight excluding hydrogens is 331 g/mol. The molecule has 7 heteroatoms. The Morgan fingerprint density at radius 1 is 1.17 bits per heavy atom. The minimum atomic E-state index is -3.90. The molecule has 1 aromatic carbocycles. The van der Waals surface area contributed by atoms with E-state index >= 15 is 0 Å². The van der Waals surface area contributed by atoms with E-state index in [1.165, 1.54) is 19.1 Å². The SMILES string of the molecule is CC(=O)Nc1c(S(=O)(=O)c2ccc(F)cc2)c(C)c(C)n1C(C)C. The lowest BCUT2D eigenvalue weighted by Crippen LogP contribution is -2.16. The van der Waals surface area contributed by atoms with Crippen molar-refractivity contribution in [1.29, 1.82) is 0 Å². The summed E-state index contributed by atoms with van der Waals surface area (Å²) in [5, 5.41) is 2.64. The van der Waals surface area contributed by atoms with Crippen LogP contribution in [0.25, 0.3) is 0 Å². The first-order valence-corrected chi connectivity index (χ1v) is 9.05. The Morgan fingerprint density at radius 3 is 2.17 bits per heavy atom. The molecule has 130 valence electrons. The van der Waals surface area contributed by atoms with Crippen molar-refractivity contribution in [3.05, 3.63) is 41.3 Å². The van der Waals surface area contributed by atoms with Gasteiger partial charge in [-0.3, -0.25) is 4.79 Å². The average Bonchev–Trinajstić information content (AvgIpc) is 2.70. The van der Waals surface area contributed by atoms with Crippen molar-refractivity contribution in [3.8, 4) is 0 Å². The number of benzene rings is 1. The normalized spacial score (nSPS) is 11.8. The molecule has 1 N–H and O–H groups in total. The van der Waals surface area contributed by atoms with Crippen molar-refractivity contribution in [1.82, 2.24) is 4.57 Å². The van der Waals surface area contributed by atoms with Crippen LogP contribution < -0.4 is 5.32 Å². The van der Waals surface area contributed by atoms with Gasteiger partial charge in [0.05, 0.1) is 4.90 Å². The molecule has 2 aromatic rings. The predicted molar refractivity (Wildman–Crippen MR) is 90.4 cm³/mol. The van der Waals surface area contributed by atoms with Crippen LogP contribution in [0.2, 0.25) is 0 Å². The molecule has 0 aliphatic heterocycles. The van der Waals surface area contributed by atoms with Crippen LogP contribution in [0, 0.1) is 19.7 Å². The smallest absolute Gasteiger partial charge is 0.222 e. The van der Waals surface area contributed by atoms with Gasteiger partial charge >= 0.3 is 0 Å². The quantitative estimate of drug-likeness (QED) is 0.855. The number of hydrogen-bond donors (Lipinski definition) is 1. The monoisotopic (exact) mass is 352 g/mol. The number of nitrogens with zero attached hydrogens (tertiary/aromatic N) is 1. The van der Waals surface area contributed by atoms with Gasteiger partial charge < -0.3 is 9.88 Å². The first-order valence-electron chi connectivity index (χ1n) is 7.57. The number of anilines is 1.